The predicted octanol–water partition coefficient (Wildman–Crippen LogP) is 1.22. The molecule has 0 atom stereocenters. The van der Waals surface area contributed by atoms with E-state index in [1.165, 1.54) is 0 Å². The van der Waals surface area contributed by atoms with E-state index in [4.69, 9.17) is 0 Å². The van der Waals surface area contributed by atoms with Crippen LogP contribution in [-0.4, -0.2) is 26.3 Å². The van der Waals surface area contributed by atoms with E-state index >= 15 is 0 Å². The van der Waals surface area contributed by atoms with E-state index < -0.39 is 0 Å². The Balaban J connectivity index is 1.75. The topological polar surface area (TPSA) is 86.5 Å². The number of carbonyl (C=O) groups excluding carboxylic acids is 1. The summed E-state index contributed by atoms with van der Waals surface area (Å²) in [6.45, 7) is 0.475. The normalized spacial score (nSPS) is 10.7. The molecule has 6 nitrogen and oxygen atoms in total. The van der Waals surface area contributed by atoms with Crippen LogP contribution in [0.5, 0.6) is 0 Å². The number of H-pyrrole nitrogens is 2. The maximum absolute atomic E-state index is 11.9. The molecule has 0 saturated heterocycles. The van der Waals surface area contributed by atoms with Gasteiger partial charge in [0.1, 0.15) is 11.0 Å². The Morgan fingerprint density at radius 2 is 2.11 bits per heavy atom. The van der Waals surface area contributed by atoms with Crippen molar-refractivity contribution in [3.63, 3.8) is 0 Å². The summed E-state index contributed by atoms with van der Waals surface area (Å²) in [5.41, 5.74) is 2.97. The van der Waals surface area contributed by atoms with E-state index in [0.717, 1.165) is 11.2 Å². The van der Waals surface area contributed by atoms with Gasteiger partial charge in [-0.2, -0.15) is 15.4 Å². The minimum Gasteiger partial charge on any atom is -0.364 e. The number of aromatic amines is 2. The molecule has 0 radical (unpaired) electrons. The van der Waals surface area contributed by atoms with Crippen LogP contribution in [0.1, 0.15) is 16.1 Å². The second-order valence-electron chi connectivity index (χ2n) is 3.91. The zero-order chi connectivity index (χ0) is 12.4. The number of nitrogens with zero attached hydrogens (tertiary/aromatic N) is 2. The third-order valence-electron chi connectivity index (χ3n) is 2.68. The second-order valence-corrected chi connectivity index (χ2v) is 3.91. The lowest BCUT2D eigenvalue weighted by Gasteiger charge is -2.03. The number of aromatic nitrogens is 4. The lowest BCUT2D eigenvalue weighted by atomic mass is 10.2. The van der Waals surface area contributed by atoms with Crippen molar-refractivity contribution in [2.75, 3.05) is 0 Å². The van der Waals surface area contributed by atoms with Crippen molar-refractivity contribution in [1.82, 2.24) is 25.7 Å². The van der Waals surface area contributed by atoms with Gasteiger partial charge in [0.25, 0.3) is 5.91 Å². The molecule has 0 bridgehead atoms. The maximum atomic E-state index is 11.9. The van der Waals surface area contributed by atoms with Crippen LogP contribution in [0.3, 0.4) is 0 Å². The lowest BCUT2D eigenvalue weighted by molar-refractivity contribution is 0.0950. The number of rotatable bonds is 3. The first-order chi connectivity index (χ1) is 8.83. The van der Waals surface area contributed by atoms with E-state index in [0.29, 0.717) is 17.6 Å². The van der Waals surface area contributed by atoms with Crippen LogP contribution in [-0.2, 0) is 6.54 Å². The van der Waals surface area contributed by atoms with Gasteiger partial charge >= 0.3 is 0 Å². The summed E-state index contributed by atoms with van der Waals surface area (Å²) in [6, 6.07) is 9.02. The largest absolute Gasteiger partial charge is 0.364 e. The highest BCUT2D eigenvalue weighted by molar-refractivity contribution is 5.97. The number of amides is 1. The van der Waals surface area contributed by atoms with Crippen LogP contribution in [0.15, 0.2) is 36.5 Å². The second kappa shape index (κ2) is 4.33. The molecular weight excluding hydrogens is 230 g/mol. The zero-order valence-electron chi connectivity index (χ0n) is 9.47. The van der Waals surface area contributed by atoms with Crippen LogP contribution in [0, 0.1) is 0 Å². The third-order valence-corrected chi connectivity index (χ3v) is 2.68. The van der Waals surface area contributed by atoms with Crippen molar-refractivity contribution >= 4 is 16.9 Å². The van der Waals surface area contributed by atoms with Crippen LogP contribution >= 0.6 is 0 Å². The Morgan fingerprint density at radius 3 is 2.94 bits per heavy atom. The third kappa shape index (κ3) is 1.95. The Kier molecular flexibility index (Phi) is 2.53. The Labute approximate surface area is 102 Å². The number of fused-ring (bicyclic) bond motifs is 1. The van der Waals surface area contributed by atoms with Crippen LogP contribution in [0.4, 0.5) is 0 Å². The molecule has 2 heterocycles. The van der Waals surface area contributed by atoms with Gasteiger partial charge in [-0.05, 0) is 30.3 Å². The minimum absolute atomic E-state index is 0.130. The summed E-state index contributed by atoms with van der Waals surface area (Å²) in [6.07, 6.45) is 1.82. The molecule has 3 rings (SSSR count). The summed E-state index contributed by atoms with van der Waals surface area (Å²) in [4.78, 5) is 14.9. The molecule has 0 aliphatic carbocycles. The van der Waals surface area contributed by atoms with Gasteiger partial charge in [0.2, 0.25) is 0 Å². The highest BCUT2D eigenvalue weighted by Gasteiger charge is 2.07. The van der Waals surface area contributed by atoms with Crippen LogP contribution in [0.2, 0.25) is 0 Å². The smallest absolute Gasteiger partial charge is 0.251 e. The zero-order valence-corrected chi connectivity index (χ0v) is 9.47. The molecule has 1 amide bonds. The van der Waals surface area contributed by atoms with Crippen molar-refractivity contribution in [2.45, 2.75) is 6.54 Å². The van der Waals surface area contributed by atoms with Crippen molar-refractivity contribution in [3.05, 3.63) is 47.8 Å². The molecule has 0 aliphatic rings. The minimum atomic E-state index is -0.130. The van der Waals surface area contributed by atoms with Gasteiger partial charge in [-0.1, -0.05) is 0 Å². The van der Waals surface area contributed by atoms with E-state index in [1.807, 2.05) is 18.3 Å². The quantitative estimate of drug-likeness (QED) is 0.644. The molecule has 90 valence electrons. The molecule has 18 heavy (non-hydrogen) atoms. The molecule has 3 aromatic rings. The standard InChI is InChI=1S/C12H11N5O/c18-12(14-7-9-2-1-5-13-9)8-3-4-10-11(6-8)16-17-15-10/h1-6,13H,7H2,(H,14,18)(H,15,16,17). The molecule has 1 aromatic carbocycles. The molecule has 0 spiro atoms. The summed E-state index contributed by atoms with van der Waals surface area (Å²) in [5.74, 6) is -0.130. The monoisotopic (exact) mass is 241 g/mol. The molecule has 3 N–H and O–H groups in total. The maximum Gasteiger partial charge on any atom is 0.251 e. The Hall–Kier alpha value is -2.63. The van der Waals surface area contributed by atoms with E-state index in [2.05, 4.69) is 25.7 Å². The Morgan fingerprint density at radius 1 is 1.22 bits per heavy atom. The molecule has 0 aliphatic heterocycles. The highest BCUT2D eigenvalue weighted by atomic mass is 16.1. The first-order valence-electron chi connectivity index (χ1n) is 5.54. The fourth-order valence-corrected chi connectivity index (χ4v) is 1.74. The van der Waals surface area contributed by atoms with Crippen molar-refractivity contribution in [1.29, 1.82) is 0 Å². The molecule has 0 unspecified atom stereocenters. The van der Waals surface area contributed by atoms with Crippen molar-refractivity contribution in [3.8, 4) is 0 Å². The van der Waals surface area contributed by atoms with Gasteiger partial charge in [-0.3, -0.25) is 4.79 Å². The predicted molar refractivity (Wildman–Crippen MR) is 65.9 cm³/mol. The fourth-order valence-electron chi connectivity index (χ4n) is 1.74. The van der Waals surface area contributed by atoms with E-state index in [9.17, 15) is 4.79 Å². The van der Waals surface area contributed by atoms with Gasteiger partial charge in [-0.15, -0.1) is 0 Å². The van der Waals surface area contributed by atoms with Crippen LogP contribution < -0.4 is 5.32 Å². The van der Waals surface area contributed by atoms with E-state index in [1.54, 1.807) is 18.2 Å². The fraction of sp³-hybridized carbons (Fsp3) is 0.0833. The van der Waals surface area contributed by atoms with Gasteiger partial charge in [0.15, 0.2) is 0 Å². The summed E-state index contributed by atoms with van der Waals surface area (Å²) >= 11 is 0. The van der Waals surface area contributed by atoms with Gasteiger partial charge < -0.3 is 10.3 Å². The molecular formula is C12H11N5O. The Bertz CT molecular complexity index is 671. The summed E-state index contributed by atoms with van der Waals surface area (Å²) < 4.78 is 0. The van der Waals surface area contributed by atoms with Crippen molar-refractivity contribution in [2.24, 2.45) is 0 Å². The average molecular weight is 241 g/mol. The molecule has 6 heteroatoms. The number of hydrogen-bond acceptors (Lipinski definition) is 3. The van der Waals surface area contributed by atoms with Gasteiger partial charge in [0, 0.05) is 17.5 Å². The SMILES string of the molecule is O=C(NCc1ccc[nH]1)c1ccc2n[nH]nc2c1. The molecule has 2 aromatic heterocycles. The molecule has 0 saturated carbocycles. The summed E-state index contributed by atoms with van der Waals surface area (Å²) in [5, 5.41) is 13.2. The van der Waals surface area contributed by atoms with Crippen molar-refractivity contribution < 1.29 is 4.79 Å². The summed E-state index contributed by atoms with van der Waals surface area (Å²) in [7, 11) is 0. The average Bonchev–Trinajstić information content (AvgIpc) is 3.05. The number of carbonyl (C=O) groups is 1. The number of nitrogens with one attached hydrogen (secondary N) is 3. The highest BCUT2D eigenvalue weighted by Crippen LogP contribution is 2.10. The first kappa shape index (κ1) is 10.5. The van der Waals surface area contributed by atoms with E-state index in [-0.39, 0.29) is 5.91 Å². The lowest BCUT2D eigenvalue weighted by Crippen LogP contribution is -2.22. The number of benzene rings is 1. The van der Waals surface area contributed by atoms with Gasteiger partial charge in [-0.25, -0.2) is 0 Å². The van der Waals surface area contributed by atoms with Gasteiger partial charge in [0.05, 0.1) is 6.54 Å². The number of hydrogen-bond donors (Lipinski definition) is 3. The first-order valence-corrected chi connectivity index (χ1v) is 5.54. The van der Waals surface area contributed by atoms with Crippen LogP contribution in [0.25, 0.3) is 11.0 Å². The molecule has 0 fully saturated rings.